The largest absolute Gasteiger partial charge is 0.497 e. The van der Waals surface area contributed by atoms with Gasteiger partial charge in [-0.15, -0.1) is 11.3 Å². The van der Waals surface area contributed by atoms with Crippen molar-refractivity contribution in [3.05, 3.63) is 40.4 Å². The molecule has 1 N–H and O–H groups in total. The van der Waals surface area contributed by atoms with Crippen LogP contribution in [0, 0.1) is 0 Å². The molecule has 2 aromatic rings. The highest BCUT2D eigenvalue weighted by Crippen LogP contribution is 2.24. The summed E-state index contributed by atoms with van der Waals surface area (Å²) in [5.41, 5.74) is 2.80. The summed E-state index contributed by atoms with van der Waals surface area (Å²) < 4.78 is 5.32. The molecule has 0 bridgehead atoms. The Kier molecular flexibility index (Phi) is 4.93. The topological polar surface area (TPSA) is 54.5 Å². The van der Waals surface area contributed by atoms with E-state index in [0.717, 1.165) is 38.2 Å². The third-order valence-corrected chi connectivity index (χ3v) is 4.92. The van der Waals surface area contributed by atoms with E-state index < -0.39 is 0 Å². The molecule has 0 unspecified atom stereocenters. The first-order valence-corrected chi connectivity index (χ1v) is 8.56. The van der Waals surface area contributed by atoms with Gasteiger partial charge in [0.15, 0.2) is 5.13 Å². The van der Waals surface area contributed by atoms with E-state index in [2.05, 4.69) is 27.3 Å². The minimum absolute atomic E-state index is 0.0786. The van der Waals surface area contributed by atoms with E-state index in [-0.39, 0.29) is 5.91 Å². The molecular weight excluding hydrogens is 310 g/mol. The molecule has 0 saturated heterocycles. The molecule has 1 aliphatic rings. The van der Waals surface area contributed by atoms with Crippen LogP contribution in [0.1, 0.15) is 22.9 Å². The number of hydrogen-bond acceptors (Lipinski definition) is 5. The minimum atomic E-state index is -0.0786. The van der Waals surface area contributed by atoms with Crippen molar-refractivity contribution in [1.29, 1.82) is 0 Å². The van der Waals surface area contributed by atoms with Crippen molar-refractivity contribution >= 4 is 22.4 Å². The SMILES string of the molecule is COc1ccc2c(c1)CCN(Cc1cnc(NC(C)=O)s1)CC2. The summed E-state index contributed by atoms with van der Waals surface area (Å²) in [5, 5.41) is 3.41. The standard InChI is InChI=1S/C17H21N3O2S/c1-12(21)19-17-18-10-16(23-17)11-20-7-5-13-3-4-15(22-2)9-14(13)6-8-20/h3-4,9-10H,5-8,11H2,1-2H3,(H,18,19,21). The molecule has 0 aliphatic carbocycles. The number of benzene rings is 1. The van der Waals surface area contributed by atoms with Crippen molar-refractivity contribution in [2.45, 2.75) is 26.3 Å². The van der Waals surface area contributed by atoms with Crippen LogP contribution < -0.4 is 10.1 Å². The Hall–Kier alpha value is -1.92. The van der Waals surface area contributed by atoms with Gasteiger partial charge in [-0.1, -0.05) is 6.07 Å². The van der Waals surface area contributed by atoms with Crippen LogP contribution in [0.25, 0.3) is 0 Å². The first kappa shape index (κ1) is 16.0. The lowest BCUT2D eigenvalue weighted by molar-refractivity contribution is -0.114. The number of nitrogens with zero attached hydrogens (tertiary/aromatic N) is 2. The molecule has 6 heteroatoms. The molecule has 0 saturated carbocycles. The number of aromatic nitrogens is 1. The number of carbonyl (C=O) groups excluding carboxylic acids is 1. The van der Waals surface area contributed by atoms with Gasteiger partial charge >= 0.3 is 0 Å². The Bertz CT molecular complexity index is 699. The second kappa shape index (κ2) is 7.10. The molecule has 1 aromatic heterocycles. The van der Waals surface area contributed by atoms with Gasteiger partial charge in [-0.3, -0.25) is 9.69 Å². The molecule has 2 heterocycles. The molecule has 0 fully saturated rings. The fourth-order valence-electron chi connectivity index (χ4n) is 2.84. The molecule has 0 atom stereocenters. The van der Waals surface area contributed by atoms with Crippen LogP contribution in [-0.4, -0.2) is 36.0 Å². The summed E-state index contributed by atoms with van der Waals surface area (Å²) in [4.78, 5) is 18.9. The van der Waals surface area contributed by atoms with Gasteiger partial charge in [0.1, 0.15) is 5.75 Å². The maximum absolute atomic E-state index is 11.1. The number of rotatable bonds is 4. The molecule has 1 aliphatic heterocycles. The van der Waals surface area contributed by atoms with Crippen LogP contribution in [0.15, 0.2) is 24.4 Å². The van der Waals surface area contributed by atoms with Gasteiger partial charge in [0.2, 0.25) is 5.91 Å². The fourth-order valence-corrected chi connectivity index (χ4v) is 3.74. The zero-order valence-corrected chi connectivity index (χ0v) is 14.3. The molecule has 122 valence electrons. The third kappa shape index (κ3) is 4.09. The summed E-state index contributed by atoms with van der Waals surface area (Å²) in [6, 6.07) is 6.37. The first-order valence-electron chi connectivity index (χ1n) is 7.74. The van der Waals surface area contributed by atoms with E-state index in [1.807, 2.05) is 12.3 Å². The lowest BCUT2D eigenvalue weighted by Gasteiger charge is -2.18. The molecule has 1 aromatic carbocycles. The predicted molar refractivity (Wildman–Crippen MR) is 92.1 cm³/mol. The Balaban J connectivity index is 1.63. The summed E-state index contributed by atoms with van der Waals surface area (Å²) in [6.07, 6.45) is 3.94. The summed E-state index contributed by atoms with van der Waals surface area (Å²) in [5.74, 6) is 0.852. The van der Waals surface area contributed by atoms with Gasteiger partial charge in [-0.2, -0.15) is 0 Å². The number of hydrogen-bond donors (Lipinski definition) is 1. The van der Waals surface area contributed by atoms with Crippen molar-refractivity contribution in [3.8, 4) is 5.75 Å². The Morgan fingerprint density at radius 2 is 2.13 bits per heavy atom. The van der Waals surface area contributed by atoms with Crippen molar-refractivity contribution in [2.75, 3.05) is 25.5 Å². The number of amides is 1. The zero-order chi connectivity index (χ0) is 16.2. The third-order valence-electron chi connectivity index (χ3n) is 4.02. The van der Waals surface area contributed by atoms with Crippen LogP contribution in [-0.2, 0) is 24.2 Å². The lowest BCUT2D eigenvalue weighted by atomic mass is 10.0. The van der Waals surface area contributed by atoms with Gasteiger partial charge in [0, 0.05) is 37.6 Å². The van der Waals surface area contributed by atoms with Gasteiger partial charge in [-0.05, 0) is 36.1 Å². The molecular formula is C17H21N3O2S. The average Bonchev–Trinajstić information content (AvgIpc) is 2.86. The normalized spacial score (nSPS) is 14.9. The highest BCUT2D eigenvalue weighted by atomic mass is 32.1. The van der Waals surface area contributed by atoms with Crippen molar-refractivity contribution in [1.82, 2.24) is 9.88 Å². The van der Waals surface area contributed by atoms with Gasteiger partial charge in [0.25, 0.3) is 0 Å². The highest BCUT2D eigenvalue weighted by molar-refractivity contribution is 7.15. The minimum Gasteiger partial charge on any atom is -0.497 e. The highest BCUT2D eigenvalue weighted by Gasteiger charge is 2.16. The van der Waals surface area contributed by atoms with Crippen LogP contribution in [0.3, 0.4) is 0 Å². The van der Waals surface area contributed by atoms with Crippen molar-refractivity contribution in [3.63, 3.8) is 0 Å². The Morgan fingerprint density at radius 1 is 1.35 bits per heavy atom. The van der Waals surface area contributed by atoms with Gasteiger partial charge < -0.3 is 10.1 Å². The fraction of sp³-hybridized carbons (Fsp3) is 0.412. The lowest BCUT2D eigenvalue weighted by Crippen LogP contribution is -2.25. The monoisotopic (exact) mass is 331 g/mol. The maximum atomic E-state index is 11.1. The first-order chi connectivity index (χ1) is 11.1. The number of nitrogens with one attached hydrogen (secondary N) is 1. The number of fused-ring (bicyclic) bond motifs is 1. The van der Waals surface area contributed by atoms with E-state index in [9.17, 15) is 4.79 Å². The van der Waals surface area contributed by atoms with E-state index in [1.54, 1.807) is 18.4 Å². The van der Waals surface area contributed by atoms with E-state index in [4.69, 9.17) is 4.74 Å². The molecule has 5 nitrogen and oxygen atoms in total. The van der Waals surface area contributed by atoms with Crippen LogP contribution >= 0.6 is 11.3 Å². The van der Waals surface area contributed by atoms with Crippen molar-refractivity contribution in [2.24, 2.45) is 0 Å². The van der Waals surface area contributed by atoms with E-state index in [1.165, 1.54) is 22.9 Å². The molecule has 23 heavy (non-hydrogen) atoms. The maximum Gasteiger partial charge on any atom is 0.223 e. The van der Waals surface area contributed by atoms with Crippen LogP contribution in [0.5, 0.6) is 5.75 Å². The smallest absolute Gasteiger partial charge is 0.223 e. The molecule has 0 radical (unpaired) electrons. The molecule has 0 spiro atoms. The number of anilines is 1. The van der Waals surface area contributed by atoms with Crippen molar-refractivity contribution < 1.29 is 9.53 Å². The summed E-state index contributed by atoms with van der Waals surface area (Å²) in [6.45, 7) is 4.43. The van der Waals surface area contributed by atoms with Gasteiger partial charge in [-0.25, -0.2) is 4.98 Å². The molecule has 3 rings (SSSR count). The second-order valence-electron chi connectivity index (χ2n) is 5.72. The average molecular weight is 331 g/mol. The second-order valence-corrected chi connectivity index (χ2v) is 6.84. The number of carbonyl (C=O) groups is 1. The molecule has 1 amide bonds. The quantitative estimate of drug-likeness (QED) is 0.936. The zero-order valence-electron chi connectivity index (χ0n) is 13.5. The summed E-state index contributed by atoms with van der Waals surface area (Å²) in [7, 11) is 1.71. The predicted octanol–water partition coefficient (Wildman–Crippen LogP) is 2.71. The van der Waals surface area contributed by atoms with E-state index >= 15 is 0 Å². The Morgan fingerprint density at radius 3 is 2.87 bits per heavy atom. The van der Waals surface area contributed by atoms with E-state index in [0.29, 0.717) is 5.13 Å². The van der Waals surface area contributed by atoms with Crippen LogP contribution in [0.2, 0.25) is 0 Å². The van der Waals surface area contributed by atoms with Gasteiger partial charge in [0.05, 0.1) is 7.11 Å². The number of thiazole rings is 1. The Labute approximate surface area is 140 Å². The van der Waals surface area contributed by atoms with Crippen LogP contribution in [0.4, 0.5) is 5.13 Å². The summed E-state index contributed by atoms with van der Waals surface area (Å²) >= 11 is 1.55. The number of ether oxygens (including phenoxy) is 1. The number of methoxy groups -OCH3 is 1.